The molecule has 0 amide bonds. The van der Waals surface area contributed by atoms with E-state index in [9.17, 15) is 0 Å². The minimum absolute atomic E-state index is 0.410. The second-order valence-electron chi connectivity index (χ2n) is 5.86. The summed E-state index contributed by atoms with van der Waals surface area (Å²) in [5.41, 5.74) is 8.37. The maximum Gasteiger partial charge on any atom is 0.0383 e. The fourth-order valence-corrected chi connectivity index (χ4v) is 2.57. The van der Waals surface area contributed by atoms with Crippen LogP contribution in [0.2, 0.25) is 0 Å². The van der Waals surface area contributed by atoms with Crippen LogP contribution in [0.4, 0.5) is 5.69 Å². The molecule has 0 bridgehead atoms. The molecule has 1 aromatic carbocycles. The van der Waals surface area contributed by atoms with Gasteiger partial charge in [-0.15, -0.1) is 0 Å². The second kappa shape index (κ2) is 10.7. The monoisotopic (exact) mass is 276 g/mol. The van der Waals surface area contributed by atoms with Gasteiger partial charge < -0.3 is 11.1 Å². The van der Waals surface area contributed by atoms with Gasteiger partial charge in [-0.1, -0.05) is 64.0 Å². The molecule has 1 aromatic rings. The molecule has 0 aliphatic rings. The zero-order valence-electron chi connectivity index (χ0n) is 13.3. The minimum atomic E-state index is 0.410. The molecular formula is C18H32N2. The Labute approximate surface area is 125 Å². The largest absolute Gasteiger partial charge is 0.381 e. The van der Waals surface area contributed by atoms with E-state index in [0.29, 0.717) is 12.6 Å². The smallest absolute Gasteiger partial charge is 0.0383 e. The van der Waals surface area contributed by atoms with Gasteiger partial charge in [-0.05, 0) is 31.0 Å². The Morgan fingerprint density at radius 2 is 1.75 bits per heavy atom. The summed E-state index contributed by atoms with van der Waals surface area (Å²) in [7, 11) is 0. The molecule has 2 heteroatoms. The maximum atomic E-state index is 5.88. The van der Waals surface area contributed by atoms with Crippen molar-refractivity contribution in [2.75, 3.05) is 11.9 Å². The molecule has 0 heterocycles. The van der Waals surface area contributed by atoms with Gasteiger partial charge in [0.05, 0.1) is 0 Å². The van der Waals surface area contributed by atoms with Gasteiger partial charge in [-0.3, -0.25) is 0 Å². The van der Waals surface area contributed by atoms with E-state index in [1.807, 2.05) is 0 Å². The summed E-state index contributed by atoms with van der Waals surface area (Å²) in [4.78, 5) is 0. The van der Waals surface area contributed by atoms with Gasteiger partial charge in [-0.25, -0.2) is 0 Å². The number of unbranched alkanes of at least 4 members (excludes halogenated alkanes) is 6. The normalized spacial score (nSPS) is 12.3. The van der Waals surface area contributed by atoms with E-state index in [-0.39, 0.29) is 0 Å². The van der Waals surface area contributed by atoms with E-state index >= 15 is 0 Å². The van der Waals surface area contributed by atoms with Gasteiger partial charge >= 0.3 is 0 Å². The Morgan fingerprint density at radius 3 is 2.40 bits per heavy atom. The van der Waals surface area contributed by atoms with Crippen molar-refractivity contribution < 1.29 is 0 Å². The summed E-state index contributed by atoms with van der Waals surface area (Å²) in [6.07, 6.45) is 10.7. The SMILES string of the molecule is CCCCCCCCCC(CN)Nc1cccc(C)c1. The number of nitrogens with one attached hydrogen (secondary N) is 1. The molecule has 1 rings (SSSR count). The molecule has 0 radical (unpaired) electrons. The summed E-state index contributed by atoms with van der Waals surface area (Å²) in [5, 5.41) is 3.56. The van der Waals surface area contributed by atoms with Gasteiger partial charge in [0.1, 0.15) is 0 Å². The van der Waals surface area contributed by atoms with Crippen molar-refractivity contribution in [1.29, 1.82) is 0 Å². The first-order chi connectivity index (χ1) is 9.76. The van der Waals surface area contributed by atoms with Crippen LogP contribution in [0.3, 0.4) is 0 Å². The van der Waals surface area contributed by atoms with Gasteiger partial charge in [0.15, 0.2) is 0 Å². The third kappa shape index (κ3) is 7.54. The highest BCUT2D eigenvalue weighted by molar-refractivity contribution is 5.46. The van der Waals surface area contributed by atoms with Crippen molar-refractivity contribution in [2.45, 2.75) is 71.3 Å². The number of hydrogen-bond donors (Lipinski definition) is 2. The standard InChI is InChI=1S/C18H32N2/c1-3-4-5-6-7-8-9-12-18(15-19)20-17-13-10-11-16(2)14-17/h10-11,13-14,18,20H,3-9,12,15,19H2,1-2H3. The zero-order chi connectivity index (χ0) is 14.6. The minimum Gasteiger partial charge on any atom is -0.381 e. The Morgan fingerprint density at radius 1 is 1.05 bits per heavy atom. The van der Waals surface area contributed by atoms with Crippen molar-refractivity contribution in [3.8, 4) is 0 Å². The van der Waals surface area contributed by atoms with E-state index in [4.69, 9.17) is 5.73 Å². The molecular weight excluding hydrogens is 244 g/mol. The molecule has 0 saturated heterocycles. The van der Waals surface area contributed by atoms with E-state index in [2.05, 4.69) is 43.4 Å². The summed E-state index contributed by atoms with van der Waals surface area (Å²) in [5.74, 6) is 0. The molecule has 2 nitrogen and oxygen atoms in total. The number of anilines is 1. The first-order valence-corrected chi connectivity index (χ1v) is 8.29. The van der Waals surface area contributed by atoms with Crippen LogP contribution in [0.5, 0.6) is 0 Å². The third-order valence-electron chi connectivity index (χ3n) is 3.83. The quantitative estimate of drug-likeness (QED) is 0.566. The number of rotatable bonds is 11. The van der Waals surface area contributed by atoms with Crippen LogP contribution >= 0.6 is 0 Å². The molecule has 0 aliphatic heterocycles. The molecule has 1 unspecified atom stereocenters. The lowest BCUT2D eigenvalue weighted by molar-refractivity contribution is 0.548. The van der Waals surface area contributed by atoms with Crippen molar-refractivity contribution in [3.05, 3.63) is 29.8 Å². The van der Waals surface area contributed by atoms with Crippen molar-refractivity contribution in [1.82, 2.24) is 0 Å². The molecule has 0 aromatic heterocycles. The first-order valence-electron chi connectivity index (χ1n) is 8.29. The average molecular weight is 276 g/mol. The van der Waals surface area contributed by atoms with Gasteiger partial charge in [-0.2, -0.15) is 0 Å². The summed E-state index contributed by atoms with van der Waals surface area (Å²) < 4.78 is 0. The molecule has 0 spiro atoms. The predicted octanol–water partition coefficient (Wildman–Crippen LogP) is 4.87. The van der Waals surface area contributed by atoms with Crippen LogP contribution in [0.15, 0.2) is 24.3 Å². The zero-order valence-corrected chi connectivity index (χ0v) is 13.3. The molecule has 0 fully saturated rings. The first kappa shape index (κ1) is 17.0. The van der Waals surface area contributed by atoms with Crippen LogP contribution in [0.25, 0.3) is 0 Å². The van der Waals surface area contributed by atoms with Crippen molar-refractivity contribution in [3.63, 3.8) is 0 Å². The lowest BCUT2D eigenvalue weighted by Crippen LogP contribution is -2.28. The maximum absolute atomic E-state index is 5.88. The Balaban J connectivity index is 2.16. The highest BCUT2D eigenvalue weighted by atomic mass is 14.9. The van der Waals surface area contributed by atoms with Gasteiger partial charge in [0.2, 0.25) is 0 Å². The van der Waals surface area contributed by atoms with Gasteiger partial charge in [0, 0.05) is 18.3 Å². The molecule has 3 N–H and O–H groups in total. The lowest BCUT2D eigenvalue weighted by Gasteiger charge is -2.18. The third-order valence-corrected chi connectivity index (χ3v) is 3.83. The van der Waals surface area contributed by atoms with E-state index in [1.54, 1.807) is 0 Å². The van der Waals surface area contributed by atoms with Crippen molar-refractivity contribution >= 4 is 5.69 Å². The van der Waals surface area contributed by atoms with E-state index in [0.717, 1.165) is 0 Å². The number of aryl methyl sites for hydroxylation is 1. The van der Waals surface area contributed by atoms with Crippen LogP contribution in [-0.2, 0) is 0 Å². The van der Waals surface area contributed by atoms with E-state index in [1.165, 1.54) is 62.6 Å². The Kier molecular flexibility index (Phi) is 9.14. The fraction of sp³-hybridized carbons (Fsp3) is 0.667. The van der Waals surface area contributed by atoms with Crippen LogP contribution in [0, 0.1) is 6.92 Å². The molecule has 20 heavy (non-hydrogen) atoms. The van der Waals surface area contributed by atoms with Crippen LogP contribution in [0.1, 0.15) is 63.9 Å². The average Bonchev–Trinajstić information content (AvgIpc) is 2.45. The fourth-order valence-electron chi connectivity index (χ4n) is 2.57. The summed E-state index contributed by atoms with van der Waals surface area (Å²) in [6.45, 7) is 5.10. The van der Waals surface area contributed by atoms with Crippen molar-refractivity contribution in [2.24, 2.45) is 5.73 Å². The topological polar surface area (TPSA) is 38.0 Å². The number of benzene rings is 1. The Bertz CT molecular complexity index is 349. The van der Waals surface area contributed by atoms with Crippen LogP contribution in [-0.4, -0.2) is 12.6 Å². The molecule has 114 valence electrons. The second-order valence-corrected chi connectivity index (χ2v) is 5.86. The lowest BCUT2D eigenvalue weighted by atomic mass is 10.0. The molecule has 0 aliphatic carbocycles. The van der Waals surface area contributed by atoms with Crippen LogP contribution < -0.4 is 11.1 Å². The Hall–Kier alpha value is -1.02. The summed E-state index contributed by atoms with van der Waals surface area (Å²) >= 11 is 0. The summed E-state index contributed by atoms with van der Waals surface area (Å²) in [6, 6.07) is 8.94. The highest BCUT2D eigenvalue weighted by Crippen LogP contribution is 2.14. The molecule has 1 atom stereocenters. The molecule has 0 saturated carbocycles. The predicted molar refractivity (Wildman–Crippen MR) is 90.3 cm³/mol. The number of nitrogens with two attached hydrogens (primary N) is 1. The number of hydrogen-bond acceptors (Lipinski definition) is 2. The highest BCUT2D eigenvalue weighted by Gasteiger charge is 2.06. The van der Waals surface area contributed by atoms with Gasteiger partial charge in [0.25, 0.3) is 0 Å². The van der Waals surface area contributed by atoms with E-state index < -0.39 is 0 Å².